The first-order chi connectivity index (χ1) is 8.85. The first kappa shape index (κ1) is 17.0. The van der Waals surface area contributed by atoms with Crippen molar-refractivity contribution in [3.05, 3.63) is 33.3 Å². The Morgan fingerprint density at radius 3 is 2.68 bits per heavy atom. The van der Waals surface area contributed by atoms with Gasteiger partial charge in [0.05, 0.1) is 10.6 Å². The molecule has 5 heteroatoms. The fraction of sp³-hybridized carbons (Fsp3) is 0.500. The lowest BCUT2D eigenvalue weighted by atomic mass is 9.88. The number of amides is 1. The standard InChI is InChI=1S/C14H18Br2ClNO/c1-14(2,6-3-7-15)9-18-13(19)11-5-4-10(16)8-12(11)17/h4-5,8H,3,6-7,9H2,1-2H3,(H,18,19). The molecule has 1 aromatic rings. The predicted octanol–water partition coefficient (Wildman–Crippen LogP) is 5.03. The third kappa shape index (κ3) is 5.84. The summed E-state index contributed by atoms with van der Waals surface area (Å²) in [5.74, 6) is -0.121. The number of hydrogen-bond donors (Lipinski definition) is 1. The molecule has 1 amide bonds. The van der Waals surface area contributed by atoms with Crippen LogP contribution < -0.4 is 5.32 Å². The van der Waals surface area contributed by atoms with Gasteiger partial charge in [-0.3, -0.25) is 4.79 Å². The summed E-state index contributed by atoms with van der Waals surface area (Å²) in [6.07, 6.45) is 2.16. The minimum atomic E-state index is -0.121. The molecule has 0 aliphatic heterocycles. The van der Waals surface area contributed by atoms with Gasteiger partial charge in [0.25, 0.3) is 5.91 Å². The molecule has 0 unspecified atom stereocenters. The Morgan fingerprint density at radius 1 is 1.42 bits per heavy atom. The summed E-state index contributed by atoms with van der Waals surface area (Å²) in [4.78, 5) is 12.1. The van der Waals surface area contributed by atoms with Crippen molar-refractivity contribution in [1.29, 1.82) is 0 Å². The zero-order chi connectivity index (χ0) is 14.5. The van der Waals surface area contributed by atoms with Crippen molar-refractivity contribution in [2.24, 2.45) is 5.41 Å². The van der Waals surface area contributed by atoms with E-state index in [1.165, 1.54) is 0 Å². The number of carbonyl (C=O) groups is 1. The van der Waals surface area contributed by atoms with E-state index in [0.717, 1.165) is 22.6 Å². The molecule has 2 nitrogen and oxygen atoms in total. The summed E-state index contributed by atoms with van der Waals surface area (Å²) >= 11 is 12.8. The Labute approximate surface area is 136 Å². The highest BCUT2D eigenvalue weighted by molar-refractivity contribution is 9.10. The van der Waals surface area contributed by atoms with Gasteiger partial charge in [0.15, 0.2) is 0 Å². The van der Waals surface area contributed by atoms with Crippen LogP contribution in [-0.4, -0.2) is 17.8 Å². The first-order valence-electron chi connectivity index (χ1n) is 6.15. The molecule has 1 rings (SSSR count). The molecular formula is C14H18Br2ClNO. The van der Waals surface area contributed by atoms with Crippen molar-refractivity contribution in [3.8, 4) is 0 Å². The van der Waals surface area contributed by atoms with Gasteiger partial charge in [-0.2, -0.15) is 0 Å². The van der Waals surface area contributed by atoms with Crippen molar-refractivity contribution in [2.75, 3.05) is 11.9 Å². The lowest BCUT2D eigenvalue weighted by Crippen LogP contribution is -2.34. The van der Waals surface area contributed by atoms with Crippen LogP contribution in [0.25, 0.3) is 0 Å². The van der Waals surface area contributed by atoms with Gasteiger partial charge in [-0.25, -0.2) is 0 Å². The fourth-order valence-electron chi connectivity index (χ4n) is 1.72. The number of rotatable bonds is 6. The van der Waals surface area contributed by atoms with Crippen LogP contribution in [0.5, 0.6) is 0 Å². The van der Waals surface area contributed by atoms with E-state index in [2.05, 4.69) is 51.0 Å². The molecule has 0 spiro atoms. The SMILES string of the molecule is CC(C)(CCCBr)CNC(=O)c1ccc(Br)cc1Cl. The van der Waals surface area contributed by atoms with Gasteiger partial charge in [0.2, 0.25) is 0 Å². The Hall–Kier alpha value is -0.0600. The Kier molecular flexibility index (Phi) is 6.84. The highest BCUT2D eigenvalue weighted by atomic mass is 79.9. The predicted molar refractivity (Wildman–Crippen MR) is 88.3 cm³/mol. The maximum atomic E-state index is 12.1. The Bertz CT molecular complexity index is 449. The second-order valence-corrected chi connectivity index (χ2v) is 7.38. The monoisotopic (exact) mass is 409 g/mol. The number of nitrogens with one attached hydrogen (secondary N) is 1. The molecule has 1 aromatic carbocycles. The minimum absolute atomic E-state index is 0.0886. The smallest absolute Gasteiger partial charge is 0.252 e. The van der Waals surface area contributed by atoms with E-state index in [4.69, 9.17) is 11.6 Å². The molecule has 0 fully saturated rings. The molecule has 0 atom stereocenters. The van der Waals surface area contributed by atoms with Crippen LogP contribution >= 0.6 is 43.5 Å². The van der Waals surface area contributed by atoms with E-state index in [9.17, 15) is 4.79 Å². The maximum Gasteiger partial charge on any atom is 0.252 e. The van der Waals surface area contributed by atoms with E-state index in [-0.39, 0.29) is 11.3 Å². The molecular weight excluding hydrogens is 393 g/mol. The average Bonchev–Trinajstić information content (AvgIpc) is 2.34. The van der Waals surface area contributed by atoms with Crippen molar-refractivity contribution >= 4 is 49.4 Å². The van der Waals surface area contributed by atoms with E-state index in [0.29, 0.717) is 17.1 Å². The summed E-state index contributed by atoms with van der Waals surface area (Å²) in [6.45, 7) is 4.95. The summed E-state index contributed by atoms with van der Waals surface area (Å²) in [6, 6.07) is 5.27. The zero-order valence-corrected chi connectivity index (χ0v) is 15.0. The largest absolute Gasteiger partial charge is 0.351 e. The number of alkyl halides is 1. The van der Waals surface area contributed by atoms with Crippen LogP contribution in [0.3, 0.4) is 0 Å². The lowest BCUT2D eigenvalue weighted by Gasteiger charge is -2.24. The molecule has 0 aromatic heterocycles. The third-order valence-corrected chi connectivity index (χ3v) is 4.26. The van der Waals surface area contributed by atoms with E-state index in [1.807, 2.05) is 6.07 Å². The van der Waals surface area contributed by atoms with Crippen LogP contribution in [0.1, 0.15) is 37.0 Å². The average molecular weight is 412 g/mol. The molecule has 19 heavy (non-hydrogen) atoms. The topological polar surface area (TPSA) is 29.1 Å². The summed E-state index contributed by atoms with van der Waals surface area (Å²) < 4.78 is 0.867. The van der Waals surface area contributed by atoms with Gasteiger partial charge in [-0.15, -0.1) is 0 Å². The van der Waals surface area contributed by atoms with Gasteiger partial charge in [0.1, 0.15) is 0 Å². The highest BCUT2D eigenvalue weighted by Gasteiger charge is 2.19. The normalized spacial score (nSPS) is 11.4. The van der Waals surface area contributed by atoms with Gasteiger partial charge >= 0.3 is 0 Å². The third-order valence-electron chi connectivity index (χ3n) is 2.89. The molecule has 1 N–H and O–H groups in total. The Balaban J connectivity index is 2.60. The van der Waals surface area contributed by atoms with Crippen LogP contribution in [0.2, 0.25) is 5.02 Å². The van der Waals surface area contributed by atoms with Crippen LogP contribution in [0, 0.1) is 5.41 Å². The van der Waals surface area contributed by atoms with E-state index in [1.54, 1.807) is 12.1 Å². The van der Waals surface area contributed by atoms with Crippen molar-refractivity contribution in [2.45, 2.75) is 26.7 Å². The van der Waals surface area contributed by atoms with Crippen molar-refractivity contribution < 1.29 is 4.79 Å². The first-order valence-corrected chi connectivity index (χ1v) is 8.44. The molecule has 0 saturated heterocycles. The molecule has 0 radical (unpaired) electrons. The molecule has 0 heterocycles. The van der Waals surface area contributed by atoms with Crippen molar-refractivity contribution in [3.63, 3.8) is 0 Å². The molecule has 0 saturated carbocycles. The number of halogens is 3. The van der Waals surface area contributed by atoms with Crippen LogP contribution in [0.15, 0.2) is 22.7 Å². The zero-order valence-electron chi connectivity index (χ0n) is 11.1. The fourth-order valence-corrected chi connectivity index (χ4v) is 2.76. The number of hydrogen-bond acceptors (Lipinski definition) is 1. The van der Waals surface area contributed by atoms with E-state index < -0.39 is 0 Å². The Morgan fingerprint density at radius 2 is 2.11 bits per heavy atom. The lowest BCUT2D eigenvalue weighted by molar-refractivity contribution is 0.0934. The van der Waals surface area contributed by atoms with Crippen LogP contribution in [0.4, 0.5) is 0 Å². The summed E-state index contributed by atoms with van der Waals surface area (Å²) in [5, 5.41) is 4.41. The highest BCUT2D eigenvalue weighted by Crippen LogP contribution is 2.23. The molecule has 0 aliphatic rings. The second-order valence-electron chi connectivity index (χ2n) is 5.26. The van der Waals surface area contributed by atoms with Crippen molar-refractivity contribution in [1.82, 2.24) is 5.32 Å². The molecule has 0 aliphatic carbocycles. The minimum Gasteiger partial charge on any atom is -0.351 e. The molecule has 106 valence electrons. The molecule has 0 bridgehead atoms. The van der Waals surface area contributed by atoms with Gasteiger partial charge in [-0.05, 0) is 36.5 Å². The number of benzene rings is 1. The number of carbonyl (C=O) groups excluding carboxylic acids is 1. The van der Waals surface area contributed by atoms with E-state index >= 15 is 0 Å². The summed E-state index contributed by atoms with van der Waals surface area (Å²) in [7, 11) is 0. The summed E-state index contributed by atoms with van der Waals surface area (Å²) in [5.41, 5.74) is 0.604. The second kappa shape index (κ2) is 7.65. The maximum absolute atomic E-state index is 12.1. The van der Waals surface area contributed by atoms with Gasteiger partial charge < -0.3 is 5.32 Å². The van der Waals surface area contributed by atoms with Gasteiger partial charge in [-0.1, -0.05) is 57.3 Å². The van der Waals surface area contributed by atoms with Crippen LogP contribution in [-0.2, 0) is 0 Å². The van der Waals surface area contributed by atoms with Gasteiger partial charge in [0, 0.05) is 16.3 Å². The quantitative estimate of drug-likeness (QED) is 0.654.